The van der Waals surface area contributed by atoms with Gasteiger partial charge in [0.2, 0.25) is 0 Å². The molecule has 2 fully saturated rings. The van der Waals surface area contributed by atoms with Crippen molar-refractivity contribution >= 4 is 52.3 Å². The Hall–Kier alpha value is -8.01. The van der Waals surface area contributed by atoms with Gasteiger partial charge in [0, 0.05) is 94.4 Å². The topological polar surface area (TPSA) is 254 Å². The molecule has 13 rings (SSSR count). The molecule has 1 saturated carbocycles. The van der Waals surface area contributed by atoms with Crippen molar-refractivity contribution in [3.05, 3.63) is 122 Å². The second-order valence-corrected chi connectivity index (χ2v) is 27.4. The van der Waals surface area contributed by atoms with Crippen molar-refractivity contribution in [3.8, 4) is 18.0 Å². The van der Waals surface area contributed by atoms with Crippen molar-refractivity contribution in [2.45, 2.75) is 189 Å². The number of likely N-dealkylation sites (tertiary alicyclic amines) is 1. The summed E-state index contributed by atoms with van der Waals surface area (Å²) in [6, 6.07) is 23.6. The lowest BCUT2D eigenvalue weighted by molar-refractivity contribution is -0.118. The summed E-state index contributed by atoms with van der Waals surface area (Å²) >= 11 is 0. The van der Waals surface area contributed by atoms with Crippen molar-refractivity contribution in [2.24, 2.45) is 5.92 Å². The van der Waals surface area contributed by atoms with Crippen LogP contribution >= 0.6 is 0 Å². The molecule has 6 aliphatic heterocycles. The van der Waals surface area contributed by atoms with Gasteiger partial charge in [-0.05, 0) is 142 Å². The van der Waals surface area contributed by atoms with E-state index in [2.05, 4.69) is 147 Å². The lowest BCUT2D eigenvalue weighted by Crippen LogP contribution is -2.39. The molecule has 1 aliphatic carbocycles. The molecule has 1 unspecified atom stereocenters. The Bertz CT molecular complexity index is 3650. The first-order valence-corrected chi connectivity index (χ1v) is 35.3. The van der Waals surface area contributed by atoms with Crippen molar-refractivity contribution in [3.63, 3.8) is 0 Å². The number of fused-ring (bicyclic) bond motifs is 5. The second-order valence-electron chi connectivity index (χ2n) is 27.4. The molecule has 21 heteroatoms. The number of carbonyl (C=O) groups is 3. The fraction of sp³-hybridized carbons (Fsp3) is 0.554. The van der Waals surface area contributed by atoms with Gasteiger partial charge in [-0.3, -0.25) is 29.1 Å². The van der Waals surface area contributed by atoms with Gasteiger partial charge < -0.3 is 46.1 Å². The number of unbranched alkanes of at least 4 members (excludes halogenated alkanes) is 3. The molecule has 0 spiro atoms. The van der Waals surface area contributed by atoms with E-state index in [9.17, 15) is 14.4 Å². The molecule has 7 aliphatic rings. The lowest BCUT2D eigenvalue weighted by atomic mass is 9.84. The van der Waals surface area contributed by atoms with Gasteiger partial charge in [-0.2, -0.15) is 29.9 Å². The van der Waals surface area contributed by atoms with Crippen LogP contribution in [0.15, 0.2) is 60.7 Å². The van der Waals surface area contributed by atoms with E-state index in [0.29, 0.717) is 105 Å². The number of anilines is 6. The van der Waals surface area contributed by atoms with Crippen LogP contribution in [-0.2, 0) is 79.2 Å². The standard InChI is InChI=1S/C26H35N5O2.2C24H33N5O2/c1-2-3-11-33-26-28-24(27)23-13-22(32)17-31(25(23)29-26)15-19-7-8-20-9-10-30(16-21(20)12-19)14-18-5-4-6-18;1-4-5-10-31-24-26-22(25)21-12-20(30)15-29(23(21)27-24)13-17-6-7-18-8-9-28(16(2)3)14-19(18)11-17;1-3-4-12-31-24-26-22(25)21-14-20(30)16-29(23(21)27-24)17(2)19-9-7-8-18(13-19)15-28-10-5-6-11-28/h7-8,12,18H,2-6,9-11,13-17H2,1H3,(H2,27,28,29);6-7,11,16H,4-5,8-10,12-15H2,1-3H3,(H2,25,26,27);7-9,13,17H,3-6,10-12,14-16H2,1-2H3,(H2,25,26,27). The van der Waals surface area contributed by atoms with E-state index in [0.717, 1.165) is 113 Å². The Morgan fingerprint density at radius 1 is 0.495 bits per heavy atom. The normalized spacial score (nSPS) is 17.5. The first-order valence-electron chi connectivity index (χ1n) is 35.3. The van der Waals surface area contributed by atoms with Gasteiger partial charge in [0.15, 0.2) is 17.3 Å². The summed E-state index contributed by atoms with van der Waals surface area (Å²) in [5.74, 6) is 4.49. The molecule has 21 nitrogen and oxygen atoms in total. The summed E-state index contributed by atoms with van der Waals surface area (Å²) in [7, 11) is 0. The summed E-state index contributed by atoms with van der Waals surface area (Å²) in [5.41, 5.74) is 31.3. The van der Waals surface area contributed by atoms with Crippen molar-refractivity contribution in [1.29, 1.82) is 0 Å². The van der Waals surface area contributed by atoms with Gasteiger partial charge in [-0.25, -0.2) is 0 Å². The van der Waals surface area contributed by atoms with Crippen LogP contribution in [0.25, 0.3) is 0 Å². The second kappa shape index (κ2) is 32.2. The highest BCUT2D eigenvalue weighted by Gasteiger charge is 2.34. The van der Waals surface area contributed by atoms with Gasteiger partial charge in [0.25, 0.3) is 0 Å². The lowest BCUT2D eigenvalue weighted by Gasteiger charge is -2.35. The summed E-state index contributed by atoms with van der Waals surface area (Å²) < 4.78 is 17.2. The number of ketones is 3. The number of carbonyl (C=O) groups excluding carboxylic acids is 3. The number of hydrogen-bond donors (Lipinski definition) is 3. The monoisotopic (exact) mass is 1300 g/mol. The SMILES string of the molecule is CCCCOc1nc(N)c2c(n1)N(C(C)c1cccc(CN3CCCC3)c1)CC(=O)C2.CCCCOc1nc(N)c2c(n1)N(Cc1ccc3c(c1)CN(C(C)C)CC3)CC(=O)C2.CCCCOc1nc(N)c2c(n1)N(Cc1ccc3c(c1)CN(CC1CCC1)CC3)CC(=O)C2. The van der Waals surface area contributed by atoms with E-state index in [-0.39, 0.29) is 42.7 Å². The Balaban J connectivity index is 0.000000145. The molecule has 3 aromatic heterocycles. The van der Waals surface area contributed by atoms with Gasteiger partial charge in [-0.1, -0.05) is 107 Å². The number of Topliss-reactive ketones (excluding diaryl/α,β-unsaturated/α-hetero) is 3. The summed E-state index contributed by atoms with van der Waals surface area (Å²) in [5, 5.41) is 0. The molecule has 0 radical (unpaired) electrons. The van der Waals surface area contributed by atoms with Crippen LogP contribution in [0.4, 0.5) is 34.9 Å². The van der Waals surface area contributed by atoms with E-state index in [4.69, 9.17) is 31.4 Å². The minimum absolute atomic E-state index is 0.0145. The maximum absolute atomic E-state index is 12.5. The van der Waals surface area contributed by atoms with Crippen molar-refractivity contribution in [2.75, 3.05) is 104 Å². The number of nitrogens with zero attached hydrogens (tertiary/aromatic N) is 12. The van der Waals surface area contributed by atoms with Crippen LogP contribution in [0.1, 0.15) is 179 Å². The molecule has 1 atom stereocenters. The molecule has 508 valence electrons. The van der Waals surface area contributed by atoms with Crippen LogP contribution in [0.2, 0.25) is 0 Å². The van der Waals surface area contributed by atoms with Crippen LogP contribution in [0.5, 0.6) is 18.0 Å². The summed E-state index contributed by atoms with van der Waals surface area (Å²) in [6.45, 7) is 25.7. The van der Waals surface area contributed by atoms with E-state index in [1.807, 2.05) is 14.7 Å². The molecular weight excluding hydrogens is 1190 g/mol. The Kier molecular flexibility index (Phi) is 23.1. The van der Waals surface area contributed by atoms with Crippen molar-refractivity contribution < 1.29 is 28.6 Å². The molecule has 9 heterocycles. The fourth-order valence-corrected chi connectivity index (χ4v) is 13.9. The highest BCUT2D eigenvalue weighted by molar-refractivity contribution is 5.93. The Morgan fingerprint density at radius 2 is 0.979 bits per heavy atom. The molecule has 95 heavy (non-hydrogen) atoms. The third-order valence-electron chi connectivity index (χ3n) is 19.7. The number of rotatable bonds is 23. The number of aromatic nitrogens is 6. The van der Waals surface area contributed by atoms with Crippen LogP contribution in [-0.4, -0.2) is 140 Å². The van der Waals surface area contributed by atoms with Crippen molar-refractivity contribution in [1.82, 2.24) is 44.6 Å². The fourth-order valence-electron chi connectivity index (χ4n) is 13.9. The minimum atomic E-state index is -0.0145. The molecule has 6 N–H and O–H groups in total. The molecule has 3 aromatic carbocycles. The summed E-state index contributed by atoms with van der Waals surface area (Å²) in [6.07, 6.45) is 15.7. The quantitative estimate of drug-likeness (QED) is 0.0504. The molecule has 0 amide bonds. The highest BCUT2D eigenvalue weighted by Crippen LogP contribution is 2.38. The maximum atomic E-state index is 12.5. The van der Waals surface area contributed by atoms with Gasteiger partial charge >= 0.3 is 18.0 Å². The number of benzene rings is 3. The number of hydrogen-bond acceptors (Lipinski definition) is 21. The van der Waals surface area contributed by atoms with Gasteiger partial charge in [-0.15, -0.1) is 0 Å². The maximum Gasteiger partial charge on any atom is 0.320 e. The molecule has 0 bridgehead atoms. The first-order chi connectivity index (χ1) is 46.1. The predicted molar refractivity (Wildman–Crippen MR) is 374 cm³/mol. The average molecular weight is 1300 g/mol. The average Bonchev–Trinajstić information content (AvgIpc) is 0.961. The van der Waals surface area contributed by atoms with Crippen LogP contribution in [0, 0.1) is 5.92 Å². The van der Waals surface area contributed by atoms with Crippen LogP contribution < -0.4 is 46.1 Å². The van der Waals surface area contributed by atoms with E-state index in [1.165, 1.54) is 96.2 Å². The highest BCUT2D eigenvalue weighted by atomic mass is 16.5. The van der Waals surface area contributed by atoms with Gasteiger partial charge in [0.1, 0.15) is 34.9 Å². The zero-order valence-electron chi connectivity index (χ0n) is 57.2. The Labute approximate surface area is 561 Å². The van der Waals surface area contributed by atoms with E-state index in [1.54, 1.807) is 0 Å². The zero-order valence-corrected chi connectivity index (χ0v) is 57.2. The molecular formula is C74H101N15O6. The molecule has 6 aromatic rings. The zero-order chi connectivity index (χ0) is 66.5. The van der Waals surface area contributed by atoms with Crippen LogP contribution in [0.3, 0.4) is 0 Å². The largest absolute Gasteiger partial charge is 0.463 e. The smallest absolute Gasteiger partial charge is 0.320 e. The number of ether oxygens (including phenoxy) is 3. The minimum Gasteiger partial charge on any atom is -0.463 e. The van der Waals surface area contributed by atoms with Gasteiger partial charge in [0.05, 0.1) is 45.5 Å². The van der Waals surface area contributed by atoms with E-state index >= 15 is 0 Å². The Morgan fingerprint density at radius 3 is 1.48 bits per heavy atom. The third-order valence-corrected chi connectivity index (χ3v) is 19.7. The first kappa shape index (κ1) is 68.4. The number of nitrogens with two attached hydrogens (primary N) is 3. The van der Waals surface area contributed by atoms with E-state index < -0.39 is 0 Å². The third kappa shape index (κ3) is 17.5. The number of nitrogen functional groups attached to an aromatic ring is 3. The predicted octanol–water partition coefficient (Wildman–Crippen LogP) is 10.2. The molecule has 1 saturated heterocycles. The summed E-state index contributed by atoms with van der Waals surface area (Å²) in [4.78, 5) is 78.0.